The van der Waals surface area contributed by atoms with E-state index in [1.54, 1.807) is 0 Å². The maximum Gasteiger partial charge on any atom is 0.132 e. The molecule has 1 fully saturated rings. The molecule has 0 saturated heterocycles. The Labute approximate surface area is 121 Å². The van der Waals surface area contributed by atoms with Crippen molar-refractivity contribution in [1.29, 1.82) is 0 Å². The van der Waals surface area contributed by atoms with E-state index in [0.29, 0.717) is 18.6 Å². The summed E-state index contributed by atoms with van der Waals surface area (Å²) in [4.78, 5) is 11.3. The topological polar surface area (TPSA) is 46.5 Å². The van der Waals surface area contributed by atoms with Gasteiger partial charge in [0.2, 0.25) is 0 Å². The van der Waals surface area contributed by atoms with Crippen LogP contribution in [0.5, 0.6) is 5.75 Å². The summed E-state index contributed by atoms with van der Waals surface area (Å²) in [6, 6.07) is 5.89. The van der Waals surface area contributed by atoms with Crippen molar-refractivity contribution in [3.8, 4) is 5.75 Å². The van der Waals surface area contributed by atoms with Gasteiger partial charge in [0.05, 0.1) is 12.2 Å². The molecule has 1 aromatic rings. The van der Waals surface area contributed by atoms with Crippen LogP contribution < -0.4 is 4.74 Å². The van der Waals surface area contributed by atoms with Crippen molar-refractivity contribution in [1.82, 2.24) is 0 Å². The monoisotopic (exact) mass is 276 g/mol. The number of ether oxygens (including phenoxy) is 1. The summed E-state index contributed by atoms with van der Waals surface area (Å²) in [5.41, 5.74) is 1.97. The summed E-state index contributed by atoms with van der Waals surface area (Å²) in [7, 11) is 0. The number of hydrogen-bond acceptors (Lipinski definition) is 3. The standard InChI is InChI=1S/C17H24O3/c1-11(2)20-16-10-14(5-4-12(16)3)17(19)13-6-8-15(18)9-7-13/h4-5,10-11,13,17,19H,6-9H2,1-3H3. The third kappa shape index (κ3) is 3.60. The zero-order chi connectivity index (χ0) is 14.7. The molecule has 1 saturated carbocycles. The Kier molecular flexibility index (Phi) is 4.81. The van der Waals surface area contributed by atoms with Crippen LogP contribution >= 0.6 is 0 Å². The predicted octanol–water partition coefficient (Wildman–Crippen LogP) is 3.57. The molecule has 0 spiro atoms. The lowest BCUT2D eigenvalue weighted by Crippen LogP contribution is -2.20. The van der Waals surface area contributed by atoms with Gasteiger partial charge in [-0.25, -0.2) is 0 Å². The summed E-state index contributed by atoms with van der Waals surface area (Å²) in [6.07, 6.45) is 2.39. The number of benzene rings is 1. The minimum absolute atomic E-state index is 0.119. The lowest BCUT2D eigenvalue weighted by molar-refractivity contribution is -0.121. The Morgan fingerprint density at radius 3 is 2.50 bits per heavy atom. The van der Waals surface area contributed by atoms with Gasteiger partial charge in [-0.05, 0) is 56.7 Å². The molecule has 0 radical (unpaired) electrons. The van der Waals surface area contributed by atoms with Gasteiger partial charge >= 0.3 is 0 Å². The van der Waals surface area contributed by atoms with E-state index in [1.807, 2.05) is 39.0 Å². The summed E-state index contributed by atoms with van der Waals surface area (Å²) in [5.74, 6) is 1.34. The first kappa shape index (κ1) is 15.0. The van der Waals surface area contributed by atoms with E-state index < -0.39 is 6.10 Å². The fourth-order valence-electron chi connectivity index (χ4n) is 2.73. The highest BCUT2D eigenvalue weighted by Gasteiger charge is 2.26. The lowest BCUT2D eigenvalue weighted by atomic mass is 9.82. The van der Waals surface area contributed by atoms with Crippen molar-refractivity contribution in [3.05, 3.63) is 29.3 Å². The van der Waals surface area contributed by atoms with E-state index in [4.69, 9.17) is 4.74 Å². The molecule has 2 rings (SSSR count). The third-order valence-electron chi connectivity index (χ3n) is 3.95. The molecule has 1 unspecified atom stereocenters. The second-order valence-corrected chi connectivity index (χ2v) is 6.01. The fourth-order valence-corrected chi connectivity index (χ4v) is 2.73. The van der Waals surface area contributed by atoms with Gasteiger partial charge in [0.15, 0.2) is 0 Å². The van der Waals surface area contributed by atoms with E-state index in [2.05, 4.69) is 0 Å². The fraction of sp³-hybridized carbons (Fsp3) is 0.588. The van der Waals surface area contributed by atoms with Gasteiger partial charge in [0.25, 0.3) is 0 Å². The van der Waals surface area contributed by atoms with Crippen LogP contribution in [0, 0.1) is 12.8 Å². The molecule has 1 N–H and O–H groups in total. The number of Topliss-reactive ketones (excluding diaryl/α,β-unsaturated/α-hetero) is 1. The minimum Gasteiger partial charge on any atom is -0.491 e. The molecule has 0 amide bonds. The zero-order valence-electron chi connectivity index (χ0n) is 12.6. The number of aliphatic hydroxyl groups excluding tert-OH is 1. The summed E-state index contributed by atoms with van der Waals surface area (Å²) < 4.78 is 5.77. The molecule has 3 nitrogen and oxygen atoms in total. The molecule has 110 valence electrons. The molecule has 0 aliphatic heterocycles. The van der Waals surface area contributed by atoms with Gasteiger partial charge in [-0.3, -0.25) is 4.79 Å². The third-order valence-corrected chi connectivity index (χ3v) is 3.95. The second kappa shape index (κ2) is 6.40. The second-order valence-electron chi connectivity index (χ2n) is 6.01. The average molecular weight is 276 g/mol. The van der Waals surface area contributed by atoms with E-state index in [-0.39, 0.29) is 12.0 Å². The first-order chi connectivity index (χ1) is 9.47. The van der Waals surface area contributed by atoms with Crippen LogP contribution in [0.4, 0.5) is 0 Å². The Balaban J connectivity index is 2.13. The van der Waals surface area contributed by atoms with Gasteiger partial charge in [0, 0.05) is 12.8 Å². The number of aliphatic hydroxyl groups is 1. The number of aryl methyl sites for hydroxylation is 1. The quantitative estimate of drug-likeness (QED) is 0.914. The molecule has 0 bridgehead atoms. The van der Waals surface area contributed by atoms with Gasteiger partial charge in [-0.2, -0.15) is 0 Å². The number of carbonyl (C=O) groups is 1. The highest BCUT2D eigenvalue weighted by atomic mass is 16.5. The predicted molar refractivity (Wildman–Crippen MR) is 78.9 cm³/mol. The molecule has 1 aromatic carbocycles. The van der Waals surface area contributed by atoms with Gasteiger partial charge in [-0.1, -0.05) is 12.1 Å². The molecule has 0 heterocycles. The largest absolute Gasteiger partial charge is 0.491 e. The molecule has 1 atom stereocenters. The summed E-state index contributed by atoms with van der Waals surface area (Å²) >= 11 is 0. The molecular formula is C17H24O3. The van der Waals surface area contributed by atoms with Crippen molar-refractivity contribution >= 4 is 5.78 Å². The minimum atomic E-state index is -0.502. The Bertz CT molecular complexity index is 469. The average Bonchev–Trinajstić information content (AvgIpc) is 2.41. The van der Waals surface area contributed by atoms with Crippen molar-refractivity contribution in [2.75, 3.05) is 0 Å². The van der Waals surface area contributed by atoms with Crippen molar-refractivity contribution < 1.29 is 14.6 Å². The number of ketones is 1. The number of rotatable bonds is 4. The van der Waals surface area contributed by atoms with E-state index >= 15 is 0 Å². The maximum absolute atomic E-state index is 11.3. The Hall–Kier alpha value is -1.35. The molecule has 0 aromatic heterocycles. The van der Waals surface area contributed by atoms with Gasteiger partial charge in [-0.15, -0.1) is 0 Å². The maximum atomic E-state index is 11.3. The Morgan fingerprint density at radius 2 is 1.90 bits per heavy atom. The molecule has 1 aliphatic rings. The van der Waals surface area contributed by atoms with Crippen LogP contribution in [0.15, 0.2) is 18.2 Å². The highest BCUT2D eigenvalue weighted by molar-refractivity contribution is 5.79. The van der Waals surface area contributed by atoms with Crippen molar-refractivity contribution in [3.63, 3.8) is 0 Å². The molecule has 20 heavy (non-hydrogen) atoms. The normalized spacial score (nSPS) is 18.4. The first-order valence-corrected chi connectivity index (χ1v) is 7.44. The summed E-state index contributed by atoms with van der Waals surface area (Å²) in [5, 5.41) is 10.5. The summed E-state index contributed by atoms with van der Waals surface area (Å²) in [6.45, 7) is 6.00. The Morgan fingerprint density at radius 1 is 1.25 bits per heavy atom. The SMILES string of the molecule is Cc1ccc(C(O)C2CCC(=O)CC2)cc1OC(C)C. The van der Waals surface area contributed by atoms with Crippen LogP contribution in [-0.2, 0) is 4.79 Å². The number of carbonyl (C=O) groups excluding carboxylic acids is 1. The van der Waals surface area contributed by atoms with Crippen molar-refractivity contribution in [2.24, 2.45) is 5.92 Å². The van der Waals surface area contributed by atoms with Crippen molar-refractivity contribution in [2.45, 2.75) is 58.7 Å². The lowest BCUT2D eigenvalue weighted by Gasteiger charge is -2.27. The molecule has 3 heteroatoms. The smallest absolute Gasteiger partial charge is 0.132 e. The number of hydrogen-bond donors (Lipinski definition) is 1. The van der Waals surface area contributed by atoms with Crippen LogP contribution in [0.3, 0.4) is 0 Å². The first-order valence-electron chi connectivity index (χ1n) is 7.44. The van der Waals surface area contributed by atoms with Crippen LogP contribution in [0.1, 0.15) is 56.8 Å². The van der Waals surface area contributed by atoms with Crippen LogP contribution in [-0.4, -0.2) is 17.0 Å². The van der Waals surface area contributed by atoms with E-state index in [9.17, 15) is 9.90 Å². The van der Waals surface area contributed by atoms with Crippen LogP contribution in [0.25, 0.3) is 0 Å². The molecule has 1 aliphatic carbocycles. The van der Waals surface area contributed by atoms with E-state index in [0.717, 1.165) is 29.7 Å². The van der Waals surface area contributed by atoms with Crippen LogP contribution in [0.2, 0.25) is 0 Å². The highest BCUT2D eigenvalue weighted by Crippen LogP contribution is 2.35. The zero-order valence-corrected chi connectivity index (χ0v) is 12.6. The van der Waals surface area contributed by atoms with Gasteiger partial charge in [0.1, 0.15) is 11.5 Å². The van der Waals surface area contributed by atoms with Gasteiger partial charge < -0.3 is 9.84 Å². The van der Waals surface area contributed by atoms with E-state index in [1.165, 1.54) is 0 Å². The molecular weight excluding hydrogens is 252 g/mol.